The van der Waals surface area contributed by atoms with Gasteiger partial charge in [-0.15, -0.1) is 0 Å². The van der Waals surface area contributed by atoms with Crippen LogP contribution in [0.4, 0.5) is 24.5 Å². The molecule has 0 aromatic heterocycles. The van der Waals surface area contributed by atoms with Gasteiger partial charge in [0.2, 0.25) is 0 Å². The summed E-state index contributed by atoms with van der Waals surface area (Å²) in [7, 11) is 0. The summed E-state index contributed by atoms with van der Waals surface area (Å²) < 4.78 is 39.2. The van der Waals surface area contributed by atoms with E-state index in [9.17, 15) is 13.2 Å². The molecule has 2 rings (SSSR count). The van der Waals surface area contributed by atoms with Crippen molar-refractivity contribution in [3.8, 4) is 0 Å². The van der Waals surface area contributed by atoms with E-state index in [1.54, 1.807) is 0 Å². The van der Waals surface area contributed by atoms with Crippen molar-refractivity contribution >= 4 is 11.4 Å². The second-order valence-electron chi connectivity index (χ2n) is 4.08. The van der Waals surface area contributed by atoms with Gasteiger partial charge >= 0.3 is 0 Å². The van der Waals surface area contributed by atoms with E-state index >= 15 is 0 Å². The van der Waals surface area contributed by atoms with Crippen LogP contribution in [0.15, 0.2) is 18.2 Å². The third kappa shape index (κ3) is 2.23. The number of halogens is 3. The van der Waals surface area contributed by atoms with Gasteiger partial charge in [0.15, 0.2) is 0 Å². The standard InChI is InChI=1S/C11H13F3N2/c12-8-2-3-10(9(15)6-8)16-5-1-4-11(13,14)7-16/h2-3,6H,1,4-5,7,15H2. The Labute approximate surface area is 91.8 Å². The average molecular weight is 230 g/mol. The van der Waals surface area contributed by atoms with Crippen molar-refractivity contribution in [2.45, 2.75) is 18.8 Å². The molecule has 2 N–H and O–H groups in total. The first-order chi connectivity index (χ1) is 7.48. The summed E-state index contributed by atoms with van der Waals surface area (Å²) in [6.45, 7) is 0.189. The van der Waals surface area contributed by atoms with Crippen LogP contribution in [-0.2, 0) is 0 Å². The van der Waals surface area contributed by atoms with Gasteiger partial charge in [-0.3, -0.25) is 0 Å². The van der Waals surface area contributed by atoms with Gasteiger partial charge in [-0.25, -0.2) is 13.2 Å². The summed E-state index contributed by atoms with van der Waals surface area (Å²) in [4.78, 5) is 1.51. The Kier molecular flexibility index (Phi) is 2.69. The minimum Gasteiger partial charge on any atom is -0.397 e. The topological polar surface area (TPSA) is 29.3 Å². The van der Waals surface area contributed by atoms with E-state index in [2.05, 4.69) is 0 Å². The van der Waals surface area contributed by atoms with Crippen molar-refractivity contribution in [2.75, 3.05) is 23.7 Å². The van der Waals surface area contributed by atoms with Gasteiger partial charge in [0.05, 0.1) is 17.9 Å². The number of piperidine rings is 1. The molecule has 1 heterocycles. The highest BCUT2D eigenvalue weighted by Gasteiger charge is 2.35. The quantitative estimate of drug-likeness (QED) is 0.751. The Morgan fingerprint density at radius 1 is 1.31 bits per heavy atom. The first-order valence-electron chi connectivity index (χ1n) is 5.16. The van der Waals surface area contributed by atoms with Gasteiger partial charge in [0.25, 0.3) is 5.92 Å². The molecule has 0 saturated carbocycles. The Hall–Kier alpha value is -1.39. The van der Waals surface area contributed by atoms with Crippen LogP contribution in [0.1, 0.15) is 12.8 Å². The van der Waals surface area contributed by atoms with E-state index in [0.717, 1.165) is 6.07 Å². The summed E-state index contributed by atoms with van der Waals surface area (Å²) in [5, 5.41) is 0. The highest BCUT2D eigenvalue weighted by atomic mass is 19.3. The summed E-state index contributed by atoms with van der Waals surface area (Å²) in [6, 6.07) is 3.84. The van der Waals surface area contributed by atoms with Gasteiger partial charge in [-0.05, 0) is 24.6 Å². The van der Waals surface area contributed by atoms with Crippen LogP contribution >= 0.6 is 0 Å². The van der Waals surface area contributed by atoms with Crippen LogP contribution in [0.2, 0.25) is 0 Å². The Morgan fingerprint density at radius 2 is 2.06 bits per heavy atom. The molecule has 1 aromatic rings. The molecule has 1 saturated heterocycles. The second kappa shape index (κ2) is 3.88. The molecule has 0 unspecified atom stereocenters. The molecule has 88 valence electrons. The fourth-order valence-corrected chi connectivity index (χ4v) is 1.98. The molecule has 0 aliphatic carbocycles. The zero-order valence-corrected chi connectivity index (χ0v) is 8.72. The van der Waals surface area contributed by atoms with Crippen LogP contribution < -0.4 is 10.6 Å². The summed E-state index contributed by atoms with van der Waals surface area (Å²) in [5.74, 6) is -3.14. The maximum Gasteiger partial charge on any atom is 0.265 e. The number of hydrogen-bond donors (Lipinski definition) is 1. The smallest absolute Gasteiger partial charge is 0.265 e. The van der Waals surface area contributed by atoms with E-state index in [-0.39, 0.29) is 18.7 Å². The van der Waals surface area contributed by atoms with Gasteiger partial charge < -0.3 is 10.6 Å². The molecule has 0 amide bonds. The largest absolute Gasteiger partial charge is 0.397 e. The van der Waals surface area contributed by atoms with Gasteiger partial charge in [-0.1, -0.05) is 0 Å². The van der Waals surface area contributed by atoms with Gasteiger partial charge in [0, 0.05) is 13.0 Å². The Balaban J connectivity index is 2.23. The van der Waals surface area contributed by atoms with Crippen LogP contribution in [0, 0.1) is 5.82 Å². The number of nitrogens with zero attached hydrogens (tertiary/aromatic N) is 1. The number of rotatable bonds is 1. The lowest BCUT2D eigenvalue weighted by Gasteiger charge is -2.34. The molecule has 5 heteroatoms. The minimum absolute atomic E-state index is 0.0927. The van der Waals surface area contributed by atoms with Crippen LogP contribution in [0.3, 0.4) is 0 Å². The first-order valence-corrected chi connectivity index (χ1v) is 5.16. The zero-order valence-electron chi connectivity index (χ0n) is 8.72. The molecule has 1 aliphatic heterocycles. The molecular formula is C11H13F3N2. The van der Waals surface area contributed by atoms with E-state index in [1.165, 1.54) is 17.0 Å². The van der Waals surface area contributed by atoms with E-state index in [4.69, 9.17) is 5.73 Å². The minimum atomic E-state index is -2.68. The van der Waals surface area contributed by atoms with Crippen LogP contribution in [-0.4, -0.2) is 19.0 Å². The highest BCUT2D eigenvalue weighted by molar-refractivity contribution is 5.67. The molecule has 0 radical (unpaired) electrons. The predicted molar refractivity (Wildman–Crippen MR) is 57.2 cm³/mol. The number of nitrogen functional groups attached to an aromatic ring is 1. The summed E-state index contributed by atoms with van der Waals surface area (Å²) >= 11 is 0. The van der Waals surface area contributed by atoms with Crippen molar-refractivity contribution < 1.29 is 13.2 Å². The van der Waals surface area contributed by atoms with Crippen molar-refractivity contribution in [3.05, 3.63) is 24.0 Å². The Bertz CT molecular complexity index is 393. The molecule has 1 fully saturated rings. The van der Waals surface area contributed by atoms with Crippen molar-refractivity contribution in [1.29, 1.82) is 0 Å². The number of benzene rings is 1. The van der Waals surface area contributed by atoms with E-state index in [1.807, 2.05) is 0 Å². The maximum absolute atomic E-state index is 13.2. The molecule has 2 nitrogen and oxygen atoms in total. The number of nitrogens with two attached hydrogens (primary N) is 1. The molecule has 16 heavy (non-hydrogen) atoms. The maximum atomic E-state index is 13.2. The molecule has 1 aromatic carbocycles. The third-order valence-corrected chi connectivity index (χ3v) is 2.72. The van der Waals surface area contributed by atoms with Crippen LogP contribution in [0.5, 0.6) is 0 Å². The van der Waals surface area contributed by atoms with Crippen molar-refractivity contribution in [2.24, 2.45) is 0 Å². The fourth-order valence-electron chi connectivity index (χ4n) is 1.98. The highest BCUT2D eigenvalue weighted by Crippen LogP contribution is 2.32. The average Bonchev–Trinajstić information content (AvgIpc) is 2.15. The SMILES string of the molecule is Nc1cc(F)ccc1N1CCCC(F)(F)C1. The second-order valence-corrected chi connectivity index (χ2v) is 4.08. The molecular weight excluding hydrogens is 217 g/mol. The van der Waals surface area contributed by atoms with E-state index < -0.39 is 11.7 Å². The van der Waals surface area contributed by atoms with Crippen molar-refractivity contribution in [3.63, 3.8) is 0 Å². The predicted octanol–water partition coefficient (Wildman–Crippen LogP) is 2.64. The monoisotopic (exact) mass is 230 g/mol. The molecule has 0 atom stereocenters. The molecule has 0 bridgehead atoms. The van der Waals surface area contributed by atoms with Gasteiger partial charge in [0.1, 0.15) is 5.82 Å². The van der Waals surface area contributed by atoms with Crippen molar-refractivity contribution in [1.82, 2.24) is 0 Å². The normalized spacial score (nSPS) is 19.8. The summed E-state index contributed by atoms with van der Waals surface area (Å²) in [6.07, 6.45) is 0.328. The third-order valence-electron chi connectivity index (χ3n) is 2.72. The van der Waals surface area contributed by atoms with Gasteiger partial charge in [-0.2, -0.15) is 0 Å². The number of alkyl halides is 2. The number of hydrogen-bond acceptors (Lipinski definition) is 2. The van der Waals surface area contributed by atoms with Crippen LogP contribution in [0.25, 0.3) is 0 Å². The molecule has 0 spiro atoms. The lowest BCUT2D eigenvalue weighted by Crippen LogP contribution is -2.42. The van der Waals surface area contributed by atoms with E-state index in [0.29, 0.717) is 18.7 Å². The summed E-state index contributed by atoms with van der Waals surface area (Å²) in [5.41, 5.74) is 6.31. The lowest BCUT2D eigenvalue weighted by molar-refractivity contribution is -0.0116. The zero-order chi connectivity index (χ0) is 11.8. The fraction of sp³-hybridized carbons (Fsp3) is 0.455. The number of anilines is 2. The first kappa shape index (κ1) is 11.1. The molecule has 1 aliphatic rings. The Morgan fingerprint density at radius 3 is 2.69 bits per heavy atom. The lowest BCUT2D eigenvalue weighted by atomic mass is 10.1.